The van der Waals surface area contributed by atoms with Gasteiger partial charge >= 0.3 is 5.63 Å². The van der Waals surface area contributed by atoms with E-state index in [0.717, 1.165) is 0 Å². The molecule has 0 aliphatic heterocycles. The summed E-state index contributed by atoms with van der Waals surface area (Å²) in [6, 6.07) is 7.34. The molecule has 0 atom stereocenters. The molecule has 1 heterocycles. The van der Waals surface area contributed by atoms with Crippen LogP contribution in [-0.2, 0) is 0 Å². The Kier molecular flexibility index (Phi) is 4.14. The molecule has 2 aromatic carbocycles. The van der Waals surface area contributed by atoms with Gasteiger partial charge in [-0.15, -0.1) is 0 Å². The van der Waals surface area contributed by atoms with E-state index >= 15 is 0 Å². The van der Waals surface area contributed by atoms with Crippen LogP contribution in [0.2, 0.25) is 0 Å². The van der Waals surface area contributed by atoms with Crippen molar-refractivity contribution in [3.05, 3.63) is 40.8 Å². The monoisotopic (exact) mass is 344 g/mol. The van der Waals surface area contributed by atoms with E-state index in [9.17, 15) is 15.0 Å². The molecule has 0 saturated carbocycles. The molecule has 0 amide bonds. The van der Waals surface area contributed by atoms with Gasteiger partial charge in [-0.3, -0.25) is 0 Å². The second-order valence-corrected chi connectivity index (χ2v) is 5.21. The highest BCUT2D eigenvalue weighted by molar-refractivity contribution is 5.86. The van der Waals surface area contributed by atoms with Crippen molar-refractivity contribution in [3.8, 4) is 39.9 Å². The lowest BCUT2D eigenvalue weighted by Crippen LogP contribution is -2.05. The third-order valence-electron chi connectivity index (χ3n) is 3.82. The molecule has 3 aromatic rings. The number of rotatable bonds is 4. The number of aromatic hydroxyl groups is 2. The molecule has 2 N–H and O–H groups in total. The van der Waals surface area contributed by atoms with Gasteiger partial charge < -0.3 is 28.8 Å². The maximum Gasteiger partial charge on any atom is 0.344 e. The molecule has 130 valence electrons. The normalized spacial score (nSPS) is 10.7. The third-order valence-corrected chi connectivity index (χ3v) is 3.82. The minimum atomic E-state index is -0.622. The molecule has 7 heteroatoms. The minimum absolute atomic E-state index is 0.156. The fraction of sp³-hybridized carbons (Fsp3) is 0.167. The Morgan fingerprint density at radius 1 is 0.840 bits per heavy atom. The molecule has 0 spiro atoms. The average molecular weight is 344 g/mol. The van der Waals surface area contributed by atoms with Crippen LogP contribution in [0.15, 0.2) is 39.5 Å². The lowest BCUT2D eigenvalue weighted by atomic mass is 10.0. The standard InChI is InChI=1S/C18H16O7/c1-22-14-5-4-10(16(23-2)17(14)24-3)11-6-9-7-12(19)13(20)8-15(9)25-18(11)21/h4-8,19-20H,1-3H3. The molecule has 0 bridgehead atoms. The number of benzene rings is 2. The lowest BCUT2D eigenvalue weighted by molar-refractivity contribution is 0.325. The van der Waals surface area contributed by atoms with Gasteiger partial charge in [-0.2, -0.15) is 0 Å². The highest BCUT2D eigenvalue weighted by atomic mass is 16.5. The number of phenolic OH excluding ortho intramolecular Hbond substituents is 2. The van der Waals surface area contributed by atoms with Crippen LogP contribution in [0.3, 0.4) is 0 Å². The predicted octanol–water partition coefficient (Wildman–Crippen LogP) is 2.90. The van der Waals surface area contributed by atoms with E-state index in [4.69, 9.17) is 18.6 Å². The molecular formula is C18H16O7. The molecule has 1 aromatic heterocycles. The summed E-state index contributed by atoms with van der Waals surface area (Å²) in [5.41, 5.74) is 0.199. The summed E-state index contributed by atoms with van der Waals surface area (Å²) in [5, 5.41) is 19.7. The third kappa shape index (κ3) is 2.69. The van der Waals surface area contributed by atoms with E-state index in [1.54, 1.807) is 18.2 Å². The quantitative estimate of drug-likeness (QED) is 0.554. The lowest BCUT2D eigenvalue weighted by Gasteiger charge is -2.15. The van der Waals surface area contributed by atoms with Gasteiger partial charge in [0.15, 0.2) is 23.0 Å². The first-order chi connectivity index (χ1) is 12.0. The molecule has 0 aliphatic carbocycles. The number of fused-ring (bicyclic) bond motifs is 1. The van der Waals surface area contributed by atoms with Crippen LogP contribution in [0.4, 0.5) is 0 Å². The molecule has 0 fully saturated rings. The Morgan fingerprint density at radius 3 is 2.16 bits per heavy atom. The smallest absolute Gasteiger partial charge is 0.344 e. The van der Waals surface area contributed by atoms with Gasteiger partial charge in [0.1, 0.15) is 5.58 Å². The van der Waals surface area contributed by atoms with Crippen LogP contribution in [0.1, 0.15) is 0 Å². The minimum Gasteiger partial charge on any atom is -0.504 e. The first-order valence-corrected chi connectivity index (χ1v) is 7.29. The number of phenols is 2. The molecule has 3 rings (SSSR count). The van der Waals surface area contributed by atoms with Gasteiger partial charge in [0.2, 0.25) is 5.75 Å². The Morgan fingerprint density at radius 2 is 1.52 bits per heavy atom. The second-order valence-electron chi connectivity index (χ2n) is 5.21. The molecule has 0 saturated heterocycles. The van der Waals surface area contributed by atoms with Crippen LogP contribution < -0.4 is 19.8 Å². The Hall–Kier alpha value is -3.35. The van der Waals surface area contributed by atoms with Crippen molar-refractivity contribution in [2.24, 2.45) is 0 Å². The largest absolute Gasteiger partial charge is 0.504 e. The van der Waals surface area contributed by atoms with Crippen molar-refractivity contribution >= 4 is 11.0 Å². The van der Waals surface area contributed by atoms with Gasteiger partial charge in [-0.25, -0.2) is 4.79 Å². The summed E-state index contributed by atoms with van der Waals surface area (Å²) in [6.07, 6.45) is 0. The summed E-state index contributed by atoms with van der Waals surface area (Å²) in [4.78, 5) is 12.4. The van der Waals surface area contributed by atoms with Crippen LogP contribution in [0, 0.1) is 0 Å². The zero-order chi connectivity index (χ0) is 18.1. The van der Waals surface area contributed by atoms with Gasteiger partial charge in [-0.05, 0) is 24.3 Å². The average Bonchev–Trinajstić information content (AvgIpc) is 2.61. The summed E-state index contributed by atoms with van der Waals surface area (Å²) < 4.78 is 21.2. The molecule has 25 heavy (non-hydrogen) atoms. The van der Waals surface area contributed by atoms with E-state index in [2.05, 4.69) is 0 Å². The SMILES string of the molecule is COc1ccc(-c2cc3cc(O)c(O)cc3oc2=O)c(OC)c1OC. The van der Waals surface area contributed by atoms with E-state index < -0.39 is 5.63 Å². The fourth-order valence-electron chi connectivity index (χ4n) is 2.65. The zero-order valence-corrected chi connectivity index (χ0v) is 13.8. The predicted molar refractivity (Wildman–Crippen MR) is 90.9 cm³/mol. The van der Waals surface area contributed by atoms with E-state index in [1.807, 2.05) is 0 Å². The summed E-state index contributed by atoms with van der Waals surface area (Å²) in [5.74, 6) is 0.432. The van der Waals surface area contributed by atoms with E-state index in [1.165, 1.54) is 33.5 Å². The van der Waals surface area contributed by atoms with Crippen molar-refractivity contribution < 1.29 is 28.8 Å². The van der Waals surface area contributed by atoms with Crippen molar-refractivity contribution in [3.63, 3.8) is 0 Å². The van der Waals surface area contributed by atoms with Crippen molar-refractivity contribution in [2.75, 3.05) is 21.3 Å². The van der Waals surface area contributed by atoms with Crippen LogP contribution in [0.5, 0.6) is 28.7 Å². The van der Waals surface area contributed by atoms with Gasteiger partial charge in [-0.1, -0.05) is 0 Å². The molecule has 0 unspecified atom stereocenters. The number of ether oxygens (including phenoxy) is 3. The Balaban J connectivity index is 2.31. The molecule has 0 radical (unpaired) electrons. The van der Waals surface area contributed by atoms with E-state index in [-0.39, 0.29) is 22.6 Å². The van der Waals surface area contributed by atoms with Crippen LogP contribution in [0.25, 0.3) is 22.1 Å². The molecule has 7 nitrogen and oxygen atoms in total. The van der Waals surface area contributed by atoms with Gasteiger partial charge in [0.25, 0.3) is 0 Å². The summed E-state index contributed by atoms with van der Waals surface area (Å²) in [6.45, 7) is 0. The number of methoxy groups -OCH3 is 3. The highest BCUT2D eigenvalue weighted by Gasteiger charge is 2.20. The van der Waals surface area contributed by atoms with Crippen molar-refractivity contribution in [2.45, 2.75) is 0 Å². The number of hydrogen-bond donors (Lipinski definition) is 2. The first kappa shape index (κ1) is 16.5. The van der Waals surface area contributed by atoms with Crippen molar-refractivity contribution in [1.29, 1.82) is 0 Å². The fourth-order valence-corrected chi connectivity index (χ4v) is 2.65. The Bertz CT molecular complexity index is 1000. The topological polar surface area (TPSA) is 98.4 Å². The van der Waals surface area contributed by atoms with E-state index in [0.29, 0.717) is 28.2 Å². The maximum atomic E-state index is 12.4. The van der Waals surface area contributed by atoms with Crippen molar-refractivity contribution in [1.82, 2.24) is 0 Å². The maximum absolute atomic E-state index is 12.4. The second kappa shape index (κ2) is 6.27. The zero-order valence-electron chi connectivity index (χ0n) is 13.8. The number of hydrogen-bond acceptors (Lipinski definition) is 7. The summed E-state index contributed by atoms with van der Waals surface area (Å²) >= 11 is 0. The highest BCUT2D eigenvalue weighted by Crippen LogP contribution is 2.44. The van der Waals surface area contributed by atoms with Crippen LogP contribution >= 0.6 is 0 Å². The summed E-state index contributed by atoms with van der Waals surface area (Å²) in [7, 11) is 4.41. The first-order valence-electron chi connectivity index (χ1n) is 7.29. The molecular weight excluding hydrogens is 328 g/mol. The Labute approximate surface area is 142 Å². The van der Waals surface area contributed by atoms with Gasteiger partial charge in [0, 0.05) is 17.0 Å². The van der Waals surface area contributed by atoms with Gasteiger partial charge in [0.05, 0.1) is 26.9 Å². The molecule has 0 aliphatic rings. The van der Waals surface area contributed by atoms with Crippen LogP contribution in [-0.4, -0.2) is 31.5 Å².